The molecule has 0 atom stereocenters. The SMILES string of the molecule is CCOc1ccc2ccccc2c1C=NNC(=Nc1ccccc1)c1cccc[nH+]1. The molecule has 0 radical (unpaired) electrons. The van der Waals surface area contributed by atoms with Gasteiger partial charge in [0.05, 0.1) is 18.5 Å². The maximum atomic E-state index is 5.83. The van der Waals surface area contributed by atoms with Gasteiger partial charge < -0.3 is 4.74 Å². The van der Waals surface area contributed by atoms with E-state index in [2.05, 4.69) is 33.7 Å². The Morgan fingerprint density at radius 3 is 2.53 bits per heavy atom. The minimum Gasteiger partial charge on any atom is -0.493 e. The van der Waals surface area contributed by atoms with E-state index in [0.29, 0.717) is 12.4 Å². The molecular weight excluding hydrogens is 372 g/mol. The Labute approximate surface area is 175 Å². The standard InChI is InChI=1S/C25H22N4O/c1-2-30-24-16-15-19-10-6-7-13-21(19)22(24)18-27-29-25(23-14-8-9-17-26-23)28-20-11-4-3-5-12-20/h3-18H,2H2,1H3,(H,28,29)/p+1. The highest BCUT2D eigenvalue weighted by Crippen LogP contribution is 2.26. The van der Waals surface area contributed by atoms with E-state index in [0.717, 1.165) is 33.5 Å². The summed E-state index contributed by atoms with van der Waals surface area (Å²) in [4.78, 5) is 7.92. The predicted octanol–water partition coefficient (Wildman–Crippen LogP) is 4.75. The monoisotopic (exact) mass is 395 g/mol. The number of nitrogens with zero attached hydrogens (tertiary/aromatic N) is 2. The van der Waals surface area contributed by atoms with Crippen LogP contribution < -0.4 is 15.1 Å². The highest BCUT2D eigenvalue weighted by Gasteiger charge is 2.11. The van der Waals surface area contributed by atoms with E-state index in [1.807, 2.05) is 79.9 Å². The maximum absolute atomic E-state index is 5.83. The molecule has 3 aromatic carbocycles. The van der Waals surface area contributed by atoms with Crippen LogP contribution in [0.25, 0.3) is 10.8 Å². The Morgan fingerprint density at radius 2 is 1.73 bits per heavy atom. The van der Waals surface area contributed by atoms with Gasteiger partial charge in [0.25, 0.3) is 0 Å². The topological polar surface area (TPSA) is 60.1 Å². The van der Waals surface area contributed by atoms with Crippen LogP contribution in [0.5, 0.6) is 5.75 Å². The lowest BCUT2D eigenvalue weighted by molar-refractivity contribution is -0.380. The molecule has 0 aliphatic rings. The molecule has 0 fully saturated rings. The number of ether oxygens (including phenoxy) is 1. The third-order valence-corrected chi connectivity index (χ3v) is 4.56. The highest BCUT2D eigenvalue weighted by molar-refractivity contribution is 6.03. The van der Waals surface area contributed by atoms with Crippen LogP contribution in [0.3, 0.4) is 0 Å². The van der Waals surface area contributed by atoms with Crippen LogP contribution in [0.15, 0.2) is 101 Å². The van der Waals surface area contributed by atoms with Crippen LogP contribution in [0.2, 0.25) is 0 Å². The van der Waals surface area contributed by atoms with Crippen LogP contribution in [-0.4, -0.2) is 18.7 Å². The lowest BCUT2D eigenvalue weighted by Gasteiger charge is -2.10. The van der Waals surface area contributed by atoms with Crippen molar-refractivity contribution in [2.45, 2.75) is 6.92 Å². The summed E-state index contributed by atoms with van der Waals surface area (Å²) in [6, 6.07) is 27.9. The molecule has 148 valence electrons. The van der Waals surface area contributed by atoms with Crippen molar-refractivity contribution in [1.29, 1.82) is 0 Å². The average Bonchev–Trinajstić information content (AvgIpc) is 2.81. The molecule has 0 unspecified atom stereocenters. The summed E-state index contributed by atoms with van der Waals surface area (Å²) in [5.74, 6) is 1.42. The van der Waals surface area contributed by atoms with Crippen molar-refractivity contribution < 1.29 is 9.72 Å². The quantitative estimate of drug-likeness (QED) is 0.291. The van der Waals surface area contributed by atoms with Crippen molar-refractivity contribution >= 4 is 28.5 Å². The second kappa shape index (κ2) is 9.47. The molecule has 4 rings (SSSR count). The number of hydrogen-bond acceptors (Lipinski definition) is 3. The Bertz CT molecular complexity index is 1170. The minimum absolute atomic E-state index is 0.590. The highest BCUT2D eigenvalue weighted by atomic mass is 16.5. The number of benzene rings is 3. The van der Waals surface area contributed by atoms with Gasteiger partial charge in [-0.2, -0.15) is 5.10 Å². The van der Waals surface area contributed by atoms with Crippen molar-refractivity contribution in [2.24, 2.45) is 10.1 Å². The summed E-state index contributed by atoms with van der Waals surface area (Å²) >= 11 is 0. The van der Waals surface area contributed by atoms with Gasteiger partial charge in [0.2, 0.25) is 11.5 Å². The van der Waals surface area contributed by atoms with Gasteiger partial charge in [-0.15, -0.1) is 0 Å². The van der Waals surface area contributed by atoms with Crippen molar-refractivity contribution in [3.05, 3.63) is 102 Å². The Hall–Kier alpha value is -3.99. The van der Waals surface area contributed by atoms with Gasteiger partial charge in [0.1, 0.15) is 5.75 Å². The second-order valence-electron chi connectivity index (χ2n) is 6.57. The molecule has 0 aliphatic heterocycles. The van der Waals surface area contributed by atoms with Crippen molar-refractivity contribution in [2.75, 3.05) is 6.61 Å². The molecule has 4 aromatic rings. The second-order valence-corrected chi connectivity index (χ2v) is 6.57. The average molecular weight is 395 g/mol. The molecular formula is C25H23N4O+. The number of amidine groups is 1. The normalized spacial score (nSPS) is 11.7. The molecule has 1 heterocycles. The zero-order valence-electron chi connectivity index (χ0n) is 16.7. The van der Waals surface area contributed by atoms with Crippen LogP contribution in [-0.2, 0) is 0 Å². The van der Waals surface area contributed by atoms with E-state index in [1.54, 1.807) is 6.21 Å². The lowest BCUT2D eigenvalue weighted by Crippen LogP contribution is -2.26. The Kier molecular flexibility index (Phi) is 6.11. The maximum Gasteiger partial charge on any atom is 0.248 e. The number of H-pyrrole nitrogens is 1. The summed E-state index contributed by atoms with van der Waals surface area (Å²) in [7, 11) is 0. The fourth-order valence-corrected chi connectivity index (χ4v) is 3.17. The molecule has 0 spiro atoms. The summed E-state index contributed by atoms with van der Waals surface area (Å²) < 4.78 is 5.83. The van der Waals surface area contributed by atoms with Crippen LogP contribution in [0.4, 0.5) is 5.69 Å². The van der Waals surface area contributed by atoms with Crippen molar-refractivity contribution in [1.82, 2.24) is 5.43 Å². The molecule has 1 aromatic heterocycles. The Morgan fingerprint density at radius 1 is 0.933 bits per heavy atom. The molecule has 0 saturated carbocycles. The third kappa shape index (κ3) is 4.52. The molecule has 2 N–H and O–H groups in total. The van der Waals surface area contributed by atoms with Gasteiger partial charge >= 0.3 is 0 Å². The zero-order chi connectivity index (χ0) is 20.6. The number of nitrogens with one attached hydrogen (secondary N) is 2. The summed E-state index contributed by atoms with van der Waals surface area (Å²) in [6.45, 7) is 2.57. The number of pyridine rings is 1. The van der Waals surface area contributed by atoms with Gasteiger partial charge in [-0.25, -0.2) is 9.98 Å². The minimum atomic E-state index is 0.590. The van der Waals surface area contributed by atoms with Gasteiger partial charge in [-0.1, -0.05) is 48.5 Å². The number of hydrazone groups is 1. The first kappa shape index (κ1) is 19.3. The Balaban J connectivity index is 1.69. The van der Waals surface area contributed by atoms with E-state index in [1.165, 1.54) is 0 Å². The molecule has 0 saturated heterocycles. The number of aromatic amines is 1. The number of rotatable bonds is 6. The van der Waals surface area contributed by atoms with Gasteiger partial charge in [-0.3, -0.25) is 5.43 Å². The third-order valence-electron chi connectivity index (χ3n) is 4.56. The van der Waals surface area contributed by atoms with E-state index in [9.17, 15) is 0 Å². The van der Waals surface area contributed by atoms with E-state index < -0.39 is 0 Å². The van der Waals surface area contributed by atoms with Crippen LogP contribution in [0, 0.1) is 0 Å². The van der Waals surface area contributed by atoms with Gasteiger partial charge in [-0.05, 0) is 42.0 Å². The number of fused-ring (bicyclic) bond motifs is 1. The molecule has 30 heavy (non-hydrogen) atoms. The summed E-state index contributed by atoms with van der Waals surface area (Å²) in [5.41, 5.74) is 5.70. The van der Waals surface area contributed by atoms with Gasteiger partial charge in [0.15, 0.2) is 6.20 Å². The molecule has 5 nitrogen and oxygen atoms in total. The van der Waals surface area contributed by atoms with Gasteiger partial charge in [0, 0.05) is 17.7 Å². The molecule has 0 bridgehead atoms. The summed E-state index contributed by atoms with van der Waals surface area (Å²) in [6.07, 6.45) is 3.65. The summed E-state index contributed by atoms with van der Waals surface area (Å²) in [5, 5.41) is 6.72. The van der Waals surface area contributed by atoms with E-state index in [4.69, 9.17) is 9.73 Å². The number of para-hydroxylation sites is 1. The number of aromatic nitrogens is 1. The fraction of sp³-hybridized carbons (Fsp3) is 0.0800. The number of aliphatic imine (C=N–C) groups is 1. The van der Waals surface area contributed by atoms with E-state index in [-0.39, 0.29) is 0 Å². The van der Waals surface area contributed by atoms with E-state index >= 15 is 0 Å². The van der Waals surface area contributed by atoms with Crippen molar-refractivity contribution in [3.63, 3.8) is 0 Å². The first-order valence-electron chi connectivity index (χ1n) is 9.89. The first-order chi connectivity index (χ1) is 14.8. The fourth-order valence-electron chi connectivity index (χ4n) is 3.17. The van der Waals surface area contributed by atoms with Crippen LogP contribution >= 0.6 is 0 Å². The van der Waals surface area contributed by atoms with Crippen LogP contribution in [0.1, 0.15) is 18.2 Å². The molecule has 0 aliphatic carbocycles. The molecule has 5 heteroatoms. The largest absolute Gasteiger partial charge is 0.493 e. The van der Waals surface area contributed by atoms with Crippen molar-refractivity contribution in [3.8, 4) is 5.75 Å². The number of hydrogen-bond donors (Lipinski definition) is 1. The first-order valence-corrected chi connectivity index (χ1v) is 9.89. The smallest absolute Gasteiger partial charge is 0.248 e. The lowest BCUT2D eigenvalue weighted by atomic mass is 10.0. The predicted molar refractivity (Wildman–Crippen MR) is 121 cm³/mol. The molecule has 0 amide bonds. The zero-order valence-corrected chi connectivity index (χ0v) is 16.7.